The summed E-state index contributed by atoms with van der Waals surface area (Å²) >= 11 is 0. The van der Waals surface area contributed by atoms with E-state index in [1.807, 2.05) is 12.4 Å². The van der Waals surface area contributed by atoms with Gasteiger partial charge in [0, 0.05) is 50.3 Å². The quantitative estimate of drug-likeness (QED) is 0.821. The van der Waals surface area contributed by atoms with Gasteiger partial charge >= 0.3 is 0 Å². The van der Waals surface area contributed by atoms with Gasteiger partial charge < -0.3 is 9.64 Å². The Hall–Kier alpha value is -1.91. The van der Waals surface area contributed by atoms with E-state index in [1.165, 1.54) is 50.0 Å². The second-order valence-electron chi connectivity index (χ2n) is 7.46. The number of aromatic nitrogens is 1. The fraction of sp³-hybridized carbons (Fsp3) is 0.500. The molecule has 0 N–H and O–H groups in total. The van der Waals surface area contributed by atoms with E-state index in [-0.39, 0.29) is 0 Å². The van der Waals surface area contributed by atoms with Gasteiger partial charge in [0.15, 0.2) is 0 Å². The summed E-state index contributed by atoms with van der Waals surface area (Å²) in [5.74, 6) is 0. The van der Waals surface area contributed by atoms with E-state index in [0.717, 1.165) is 25.7 Å². The number of nitrogens with zero attached hydrogens (tertiary/aromatic N) is 3. The molecule has 1 aromatic carbocycles. The molecule has 26 heavy (non-hydrogen) atoms. The molecule has 1 aromatic heterocycles. The summed E-state index contributed by atoms with van der Waals surface area (Å²) in [5.41, 5.74) is 2.58. The molecule has 138 valence electrons. The lowest BCUT2D eigenvalue weighted by Gasteiger charge is -2.42. The summed E-state index contributed by atoms with van der Waals surface area (Å²) in [6, 6.07) is 15.5. The van der Waals surface area contributed by atoms with E-state index in [1.54, 1.807) is 0 Å². The molecule has 1 aliphatic heterocycles. The number of rotatable bonds is 5. The Bertz CT molecular complexity index is 648. The van der Waals surface area contributed by atoms with Crippen LogP contribution < -0.4 is 4.90 Å². The van der Waals surface area contributed by atoms with Gasteiger partial charge in [-0.2, -0.15) is 0 Å². The van der Waals surface area contributed by atoms with Crippen LogP contribution in [0.3, 0.4) is 0 Å². The van der Waals surface area contributed by atoms with Gasteiger partial charge in [-0.3, -0.25) is 9.88 Å². The number of hydrogen-bond acceptors (Lipinski definition) is 4. The Morgan fingerprint density at radius 2 is 1.54 bits per heavy atom. The number of pyridine rings is 1. The summed E-state index contributed by atoms with van der Waals surface area (Å²) in [7, 11) is 0. The van der Waals surface area contributed by atoms with E-state index >= 15 is 0 Å². The third-order valence-electron chi connectivity index (χ3n) is 5.83. The average Bonchev–Trinajstić information content (AvgIpc) is 2.74. The first-order chi connectivity index (χ1) is 12.9. The lowest BCUT2D eigenvalue weighted by molar-refractivity contribution is -0.00314. The van der Waals surface area contributed by atoms with E-state index in [4.69, 9.17) is 4.74 Å². The van der Waals surface area contributed by atoms with E-state index in [0.29, 0.717) is 6.10 Å². The number of benzene rings is 1. The van der Waals surface area contributed by atoms with Gasteiger partial charge in [0.25, 0.3) is 0 Å². The second kappa shape index (κ2) is 8.65. The van der Waals surface area contributed by atoms with Crippen molar-refractivity contribution in [2.45, 2.75) is 44.4 Å². The van der Waals surface area contributed by atoms with Crippen molar-refractivity contribution < 1.29 is 4.74 Å². The Balaban J connectivity index is 1.19. The standard InChI is InChI=1S/C22H29N3O/c1-2-4-19(5-3-1)18-26-22-8-6-20(7-9-22)24-14-16-25(17-15-24)21-10-12-23-13-11-21/h1-5,10-13,20,22H,6-9,14-18H2. The number of anilines is 1. The van der Waals surface area contributed by atoms with Crippen molar-refractivity contribution in [3.05, 3.63) is 60.4 Å². The van der Waals surface area contributed by atoms with Crippen molar-refractivity contribution in [1.82, 2.24) is 9.88 Å². The fourth-order valence-electron chi connectivity index (χ4n) is 4.27. The zero-order chi connectivity index (χ0) is 17.6. The number of ether oxygens (including phenoxy) is 1. The van der Waals surface area contributed by atoms with Crippen molar-refractivity contribution in [3.8, 4) is 0 Å². The van der Waals surface area contributed by atoms with Crippen molar-refractivity contribution >= 4 is 5.69 Å². The Morgan fingerprint density at radius 1 is 0.846 bits per heavy atom. The first-order valence-electron chi connectivity index (χ1n) is 9.93. The van der Waals surface area contributed by atoms with Crippen LogP contribution >= 0.6 is 0 Å². The van der Waals surface area contributed by atoms with Crippen molar-refractivity contribution in [1.29, 1.82) is 0 Å². The lowest BCUT2D eigenvalue weighted by atomic mass is 9.91. The van der Waals surface area contributed by atoms with Crippen LogP contribution in [0.5, 0.6) is 0 Å². The zero-order valence-corrected chi connectivity index (χ0v) is 15.5. The van der Waals surface area contributed by atoms with Crippen LogP contribution in [0, 0.1) is 0 Å². The van der Waals surface area contributed by atoms with Crippen molar-refractivity contribution in [3.63, 3.8) is 0 Å². The van der Waals surface area contributed by atoms with Gasteiger partial charge in [-0.05, 0) is 43.4 Å². The van der Waals surface area contributed by atoms with Crippen LogP contribution in [0.15, 0.2) is 54.9 Å². The highest BCUT2D eigenvalue weighted by molar-refractivity contribution is 5.44. The molecule has 1 saturated heterocycles. The molecule has 2 heterocycles. The van der Waals surface area contributed by atoms with E-state index in [2.05, 4.69) is 57.2 Å². The smallest absolute Gasteiger partial charge is 0.0720 e. The molecule has 4 nitrogen and oxygen atoms in total. The van der Waals surface area contributed by atoms with Crippen molar-refractivity contribution in [2.24, 2.45) is 0 Å². The third kappa shape index (κ3) is 4.43. The molecule has 2 fully saturated rings. The minimum Gasteiger partial charge on any atom is -0.374 e. The average molecular weight is 351 g/mol. The molecular weight excluding hydrogens is 322 g/mol. The largest absolute Gasteiger partial charge is 0.374 e. The highest BCUT2D eigenvalue weighted by Gasteiger charge is 2.28. The van der Waals surface area contributed by atoms with Crippen LogP contribution in [0.2, 0.25) is 0 Å². The highest BCUT2D eigenvalue weighted by atomic mass is 16.5. The summed E-state index contributed by atoms with van der Waals surface area (Å²) in [4.78, 5) is 9.30. The number of hydrogen-bond donors (Lipinski definition) is 0. The van der Waals surface area contributed by atoms with E-state index < -0.39 is 0 Å². The minimum absolute atomic E-state index is 0.435. The molecule has 1 aliphatic carbocycles. The summed E-state index contributed by atoms with van der Waals surface area (Å²) in [6.45, 7) is 5.33. The monoisotopic (exact) mass is 351 g/mol. The summed E-state index contributed by atoms with van der Waals surface area (Å²) in [5, 5.41) is 0. The topological polar surface area (TPSA) is 28.6 Å². The maximum Gasteiger partial charge on any atom is 0.0720 e. The molecule has 0 amide bonds. The Kier molecular flexibility index (Phi) is 5.82. The molecule has 0 atom stereocenters. The molecule has 0 radical (unpaired) electrons. The normalized spacial score (nSPS) is 24.5. The first-order valence-corrected chi connectivity index (χ1v) is 9.93. The first kappa shape index (κ1) is 17.5. The molecule has 2 aliphatic rings. The van der Waals surface area contributed by atoms with Crippen molar-refractivity contribution in [2.75, 3.05) is 31.1 Å². The maximum absolute atomic E-state index is 6.15. The molecule has 0 unspecified atom stereocenters. The summed E-state index contributed by atoms with van der Waals surface area (Å²) < 4.78 is 6.15. The van der Waals surface area contributed by atoms with Crippen LogP contribution in [-0.2, 0) is 11.3 Å². The van der Waals surface area contributed by atoms with Crippen LogP contribution in [0.25, 0.3) is 0 Å². The SMILES string of the molecule is c1ccc(COC2CCC(N3CCN(c4ccncc4)CC3)CC2)cc1. The van der Waals surface area contributed by atoms with Gasteiger partial charge in [-0.25, -0.2) is 0 Å². The lowest BCUT2D eigenvalue weighted by Crippen LogP contribution is -2.51. The van der Waals surface area contributed by atoms with Crippen LogP contribution in [-0.4, -0.2) is 48.2 Å². The van der Waals surface area contributed by atoms with Gasteiger partial charge in [-0.1, -0.05) is 30.3 Å². The zero-order valence-electron chi connectivity index (χ0n) is 15.5. The Morgan fingerprint density at radius 3 is 2.23 bits per heavy atom. The predicted molar refractivity (Wildman–Crippen MR) is 105 cm³/mol. The molecule has 0 bridgehead atoms. The minimum atomic E-state index is 0.435. The predicted octanol–water partition coefficient (Wildman–Crippen LogP) is 3.73. The van der Waals surface area contributed by atoms with Crippen LogP contribution in [0.1, 0.15) is 31.2 Å². The second-order valence-corrected chi connectivity index (χ2v) is 7.46. The third-order valence-corrected chi connectivity index (χ3v) is 5.83. The molecule has 0 spiro atoms. The fourth-order valence-corrected chi connectivity index (χ4v) is 4.27. The van der Waals surface area contributed by atoms with Gasteiger partial charge in [-0.15, -0.1) is 0 Å². The van der Waals surface area contributed by atoms with Gasteiger partial charge in [0.2, 0.25) is 0 Å². The van der Waals surface area contributed by atoms with Gasteiger partial charge in [0.1, 0.15) is 0 Å². The molecular formula is C22H29N3O. The Labute approximate surface area is 156 Å². The maximum atomic E-state index is 6.15. The molecule has 2 aromatic rings. The molecule has 4 heteroatoms. The summed E-state index contributed by atoms with van der Waals surface area (Å²) in [6.07, 6.45) is 9.15. The van der Waals surface area contributed by atoms with E-state index in [9.17, 15) is 0 Å². The molecule has 1 saturated carbocycles. The number of piperazine rings is 1. The molecule has 4 rings (SSSR count). The highest BCUT2D eigenvalue weighted by Crippen LogP contribution is 2.27. The van der Waals surface area contributed by atoms with Gasteiger partial charge in [0.05, 0.1) is 12.7 Å². The van der Waals surface area contributed by atoms with Crippen LogP contribution in [0.4, 0.5) is 5.69 Å².